The van der Waals surface area contributed by atoms with Crippen molar-refractivity contribution in [2.45, 2.75) is 37.4 Å². The smallest absolute Gasteiger partial charge is 0.305 e. The van der Waals surface area contributed by atoms with E-state index in [2.05, 4.69) is 0 Å². The van der Waals surface area contributed by atoms with Crippen molar-refractivity contribution in [3.05, 3.63) is 0 Å². The van der Waals surface area contributed by atoms with E-state index in [-0.39, 0.29) is 12.6 Å². The average molecular weight is 383 g/mol. The molecule has 8 heteroatoms. The van der Waals surface area contributed by atoms with Crippen LogP contribution in [0.15, 0.2) is 0 Å². The van der Waals surface area contributed by atoms with Crippen LogP contribution >= 0.6 is 21.6 Å². The van der Waals surface area contributed by atoms with Crippen LogP contribution in [0.5, 0.6) is 0 Å². The molecule has 1 heterocycles. The summed E-state index contributed by atoms with van der Waals surface area (Å²) in [6.07, 6.45) is 5.02. The predicted molar refractivity (Wildman–Crippen MR) is 97.4 cm³/mol. The maximum absolute atomic E-state index is 11.6. The van der Waals surface area contributed by atoms with E-state index in [9.17, 15) is 4.79 Å². The first kappa shape index (κ1) is 22.1. The molecule has 0 aromatic rings. The number of carbonyl (C=O) groups excluding carboxylic acids is 1. The second-order valence-electron chi connectivity index (χ2n) is 5.36. The summed E-state index contributed by atoms with van der Waals surface area (Å²) in [5.74, 6) is 1.13. The molecule has 0 amide bonds. The molecule has 6 nitrogen and oxygen atoms in total. The summed E-state index contributed by atoms with van der Waals surface area (Å²) in [6, 6.07) is 0. The largest absolute Gasteiger partial charge is 0.463 e. The molecule has 0 spiro atoms. The molecule has 0 radical (unpaired) electrons. The Morgan fingerprint density at radius 1 is 0.958 bits per heavy atom. The van der Waals surface area contributed by atoms with Crippen LogP contribution in [-0.4, -0.2) is 74.9 Å². The normalized spacial score (nSPS) is 17.3. The molecular weight excluding hydrogens is 352 g/mol. The highest BCUT2D eigenvalue weighted by Gasteiger charge is 2.15. The van der Waals surface area contributed by atoms with Gasteiger partial charge < -0.3 is 24.1 Å². The molecule has 1 aliphatic heterocycles. The molecule has 1 atom stereocenters. The highest BCUT2D eigenvalue weighted by Crippen LogP contribution is 2.39. The third kappa shape index (κ3) is 13.3. The fourth-order valence-corrected chi connectivity index (χ4v) is 5.13. The van der Waals surface area contributed by atoms with E-state index in [1.807, 2.05) is 21.6 Å². The first-order valence-electron chi connectivity index (χ1n) is 8.61. The standard InChI is InChI=1S/C16H30O6S2/c17-6-7-19-8-9-20-10-11-21-12-13-22-16(18)4-2-1-3-15-5-14-23-24-15/h15,17H,1-14H2. The Bertz CT molecular complexity index is 300. The summed E-state index contributed by atoms with van der Waals surface area (Å²) in [7, 11) is 3.95. The van der Waals surface area contributed by atoms with Gasteiger partial charge in [-0.3, -0.25) is 4.79 Å². The lowest BCUT2D eigenvalue weighted by atomic mass is 10.1. The number of unbranched alkanes of at least 4 members (excludes halogenated alkanes) is 1. The number of aliphatic hydroxyl groups is 1. The van der Waals surface area contributed by atoms with Crippen molar-refractivity contribution < 1.29 is 28.8 Å². The van der Waals surface area contributed by atoms with Crippen molar-refractivity contribution in [1.29, 1.82) is 0 Å². The summed E-state index contributed by atoms with van der Waals surface area (Å²) < 4.78 is 20.8. The quantitative estimate of drug-likeness (QED) is 0.248. The molecule has 1 fully saturated rings. The van der Waals surface area contributed by atoms with Crippen LogP contribution in [0.2, 0.25) is 0 Å². The van der Waals surface area contributed by atoms with E-state index in [1.54, 1.807) is 0 Å². The Morgan fingerprint density at radius 3 is 2.25 bits per heavy atom. The van der Waals surface area contributed by atoms with Crippen LogP contribution < -0.4 is 0 Å². The molecule has 142 valence electrons. The molecule has 0 aromatic heterocycles. The molecule has 0 aromatic carbocycles. The minimum Gasteiger partial charge on any atom is -0.463 e. The van der Waals surface area contributed by atoms with Gasteiger partial charge >= 0.3 is 5.97 Å². The van der Waals surface area contributed by atoms with Gasteiger partial charge in [0, 0.05) is 17.4 Å². The van der Waals surface area contributed by atoms with Gasteiger partial charge in [0.2, 0.25) is 0 Å². The summed E-state index contributed by atoms with van der Waals surface area (Å²) in [5.41, 5.74) is 0. The molecule has 1 aliphatic rings. The van der Waals surface area contributed by atoms with Crippen molar-refractivity contribution in [2.75, 3.05) is 58.6 Å². The van der Waals surface area contributed by atoms with Gasteiger partial charge in [0.1, 0.15) is 6.61 Å². The number of rotatable bonds is 16. The van der Waals surface area contributed by atoms with E-state index >= 15 is 0 Å². The summed E-state index contributed by atoms with van der Waals surface area (Å²) in [6.45, 7) is 2.96. The Labute approximate surface area is 152 Å². The van der Waals surface area contributed by atoms with E-state index in [1.165, 1.54) is 18.6 Å². The Kier molecular flexibility index (Phi) is 15.1. The zero-order valence-electron chi connectivity index (χ0n) is 14.3. The fourth-order valence-electron chi connectivity index (χ4n) is 2.10. The summed E-state index contributed by atoms with van der Waals surface area (Å²) in [4.78, 5) is 11.6. The lowest BCUT2D eigenvalue weighted by Gasteiger charge is -2.08. The highest BCUT2D eigenvalue weighted by molar-refractivity contribution is 8.77. The van der Waals surface area contributed by atoms with Crippen LogP contribution in [0, 0.1) is 0 Å². The van der Waals surface area contributed by atoms with E-state index < -0.39 is 0 Å². The Morgan fingerprint density at radius 2 is 1.62 bits per heavy atom. The number of ether oxygens (including phenoxy) is 4. The highest BCUT2D eigenvalue weighted by atomic mass is 33.1. The van der Waals surface area contributed by atoms with Crippen LogP contribution in [0.1, 0.15) is 32.1 Å². The lowest BCUT2D eigenvalue weighted by molar-refractivity contribution is -0.145. The van der Waals surface area contributed by atoms with Crippen LogP contribution in [0.4, 0.5) is 0 Å². The zero-order chi connectivity index (χ0) is 17.3. The van der Waals surface area contributed by atoms with Crippen molar-refractivity contribution in [1.82, 2.24) is 0 Å². The Hall–Kier alpha value is 0.01000. The molecule has 0 bridgehead atoms. The molecule has 0 aliphatic carbocycles. The average Bonchev–Trinajstić information content (AvgIpc) is 3.10. The zero-order valence-corrected chi connectivity index (χ0v) is 15.9. The van der Waals surface area contributed by atoms with Gasteiger partial charge in [-0.1, -0.05) is 28.0 Å². The number of aliphatic hydroxyl groups excluding tert-OH is 1. The third-order valence-corrected chi connectivity index (χ3v) is 6.36. The van der Waals surface area contributed by atoms with Crippen molar-refractivity contribution in [3.63, 3.8) is 0 Å². The first-order valence-corrected chi connectivity index (χ1v) is 11.0. The second-order valence-corrected chi connectivity index (χ2v) is 8.14. The molecule has 24 heavy (non-hydrogen) atoms. The lowest BCUT2D eigenvalue weighted by Crippen LogP contribution is -2.14. The molecule has 1 saturated heterocycles. The van der Waals surface area contributed by atoms with Crippen molar-refractivity contribution >= 4 is 27.6 Å². The van der Waals surface area contributed by atoms with E-state index in [0.717, 1.165) is 18.1 Å². The number of hydrogen-bond donors (Lipinski definition) is 1. The number of carbonyl (C=O) groups is 1. The molecular formula is C16H30O6S2. The minimum atomic E-state index is -0.135. The van der Waals surface area contributed by atoms with Gasteiger partial charge in [-0.15, -0.1) is 0 Å². The van der Waals surface area contributed by atoms with Gasteiger partial charge in [0.15, 0.2) is 0 Å². The van der Waals surface area contributed by atoms with E-state index in [4.69, 9.17) is 24.1 Å². The maximum atomic E-state index is 11.6. The van der Waals surface area contributed by atoms with Gasteiger partial charge in [0.25, 0.3) is 0 Å². The maximum Gasteiger partial charge on any atom is 0.305 e. The monoisotopic (exact) mass is 382 g/mol. The topological polar surface area (TPSA) is 74.2 Å². The van der Waals surface area contributed by atoms with Gasteiger partial charge in [-0.2, -0.15) is 0 Å². The van der Waals surface area contributed by atoms with Gasteiger partial charge in [0.05, 0.1) is 46.2 Å². The predicted octanol–water partition coefficient (Wildman–Crippen LogP) is 2.29. The SMILES string of the molecule is O=C(CCCCC1CCSS1)OCCOCCOCCOCCO. The first-order chi connectivity index (χ1) is 11.8. The van der Waals surface area contributed by atoms with Crippen molar-refractivity contribution in [2.24, 2.45) is 0 Å². The van der Waals surface area contributed by atoms with Crippen LogP contribution in [0.3, 0.4) is 0 Å². The van der Waals surface area contributed by atoms with Crippen LogP contribution in [0.25, 0.3) is 0 Å². The summed E-state index contributed by atoms with van der Waals surface area (Å²) >= 11 is 0. The Balaban J connectivity index is 1.74. The van der Waals surface area contributed by atoms with Gasteiger partial charge in [-0.25, -0.2) is 0 Å². The van der Waals surface area contributed by atoms with Crippen LogP contribution in [-0.2, 0) is 23.7 Å². The molecule has 1 unspecified atom stereocenters. The summed E-state index contributed by atoms with van der Waals surface area (Å²) in [5, 5.41) is 9.29. The van der Waals surface area contributed by atoms with Gasteiger partial charge in [-0.05, 0) is 19.3 Å². The van der Waals surface area contributed by atoms with E-state index in [0.29, 0.717) is 52.7 Å². The fraction of sp³-hybridized carbons (Fsp3) is 0.938. The third-order valence-electron chi connectivity index (χ3n) is 3.35. The molecule has 1 rings (SSSR count). The molecule has 1 N–H and O–H groups in total. The minimum absolute atomic E-state index is 0.0284. The number of esters is 1. The molecule has 0 saturated carbocycles. The van der Waals surface area contributed by atoms with Crippen molar-refractivity contribution in [3.8, 4) is 0 Å². The number of hydrogen-bond acceptors (Lipinski definition) is 8. The second kappa shape index (κ2) is 16.5.